The minimum atomic E-state index is 0.157. The number of aliphatic imine (C=N–C) groups is 1. The average Bonchev–Trinajstić information content (AvgIpc) is 3.22. The van der Waals surface area contributed by atoms with E-state index in [1.165, 1.54) is 12.8 Å². The molecule has 0 heterocycles. The van der Waals surface area contributed by atoms with Gasteiger partial charge in [-0.3, -0.25) is 14.7 Å². The van der Waals surface area contributed by atoms with E-state index in [1.807, 2.05) is 18.2 Å². The number of carbonyl (C=O) groups excluding carboxylic acids is 1. The molecule has 1 saturated carbocycles. The van der Waals surface area contributed by atoms with Gasteiger partial charge in [0.15, 0.2) is 5.96 Å². The summed E-state index contributed by atoms with van der Waals surface area (Å²) in [6, 6.07) is 9.08. The number of carbonyl (C=O) groups is 1. The lowest BCUT2D eigenvalue weighted by Gasteiger charge is -2.30. The Morgan fingerprint density at radius 3 is 2.45 bits per heavy atom. The smallest absolute Gasteiger partial charge is 0.227 e. The van der Waals surface area contributed by atoms with E-state index in [-0.39, 0.29) is 11.8 Å². The molecular weight excluding hydrogens is 362 g/mol. The van der Waals surface area contributed by atoms with Crippen molar-refractivity contribution in [2.24, 2.45) is 10.9 Å². The van der Waals surface area contributed by atoms with Crippen LogP contribution < -0.4 is 16.0 Å². The van der Waals surface area contributed by atoms with Crippen molar-refractivity contribution in [1.82, 2.24) is 15.5 Å². The highest BCUT2D eigenvalue weighted by molar-refractivity contribution is 5.92. The van der Waals surface area contributed by atoms with E-state index in [0.717, 1.165) is 43.1 Å². The molecule has 6 nitrogen and oxygen atoms in total. The highest BCUT2D eigenvalue weighted by Crippen LogP contribution is 2.26. The van der Waals surface area contributed by atoms with Crippen LogP contribution in [0.1, 0.15) is 58.9 Å². The molecule has 1 aromatic rings. The standard InChI is InChI=1S/C23H39N5O/c1-17(2)28(18(3)4)14-13-25-23(24-5)26-16-19-9-8-12-21(15-19)27-22(29)20-10-6-7-11-20/h8-9,12,15,17-18,20H,6-7,10-11,13-14,16H2,1-5H3,(H,27,29)(H2,24,25,26). The highest BCUT2D eigenvalue weighted by atomic mass is 16.1. The van der Waals surface area contributed by atoms with Crippen LogP contribution in [-0.4, -0.2) is 49.0 Å². The van der Waals surface area contributed by atoms with E-state index >= 15 is 0 Å². The Morgan fingerprint density at radius 2 is 1.83 bits per heavy atom. The van der Waals surface area contributed by atoms with Crippen LogP contribution in [0, 0.1) is 5.92 Å². The maximum atomic E-state index is 12.3. The summed E-state index contributed by atoms with van der Waals surface area (Å²) in [6.45, 7) is 11.4. The summed E-state index contributed by atoms with van der Waals surface area (Å²) >= 11 is 0. The normalized spacial score (nSPS) is 15.4. The summed E-state index contributed by atoms with van der Waals surface area (Å²) in [5.41, 5.74) is 1.98. The first kappa shape index (κ1) is 23.2. The van der Waals surface area contributed by atoms with E-state index in [4.69, 9.17) is 0 Å². The SMILES string of the molecule is CN=C(NCCN(C(C)C)C(C)C)NCc1cccc(NC(=O)C2CCCC2)c1. The van der Waals surface area contributed by atoms with Crippen LogP contribution in [0.15, 0.2) is 29.3 Å². The lowest BCUT2D eigenvalue weighted by Crippen LogP contribution is -2.45. The number of hydrogen-bond acceptors (Lipinski definition) is 3. The fourth-order valence-corrected chi connectivity index (χ4v) is 4.01. The minimum Gasteiger partial charge on any atom is -0.355 e. The average molecular weight is 402 g/mol. The van der Waals surface area contributed by atoms with Gasteiger partial charge in [-0.15, -0.1) is 0 Å². The molecule has 1 amide bonds. The number of nitrogens with one attached hydrogen (secondary N) is 3. The second-order valence-electron chi connectivity index (χ2n) is 8.45. The number of guanidine groups is 1. The van der Waals surface area contributed by atoms with Crippen molar-refractivity contribution in [2.45, 2.75) is 72.0 Å². The zero-order chi connectivity index (χ0) is 21.2. The molecule has 0 aromatic heterocycles. The van der Waals surface area contributed by atoms with Crippen molar-refractivity contribution in [3.63, 3.8) is 0 Å². The molecular formula is C23H39N5O. The molecule has 2 rings (SSSR count). The number of anilines is 1. The van der Waals surface area contributed by atoms with Crippen molar-refractivity contribution >= 4 is 17.6 Å². The van der Waals surface area contributed by atoms with Gasteiger partial charge in [0, 0.05) is 50.4 Å². The quantitative estimate of drug-likeness (QED) is 0.437. The molecule has 1 aromatic carbocycles. The number of hydrogen-bond donors (Lipinski definition) is 3. The summed E-state index contributed by atoms with van der Waals surface area (Å²) in [6.07, 6.45) is 4.36. The van der Waals surface area contributed by atoms with Crippen molar-refractivity contribution in [3.8, 4) is 0 Å². The summed E-state index contributed by atoms with van der Waals surface area (Å²) in [5.74, 6) is 1.12. The Morgan fingerprint density at radius 1 is 1.14 bits per heavy atom. The first-order chi connectivity index (χ1) is 13.9. The van der Waals surface area contributed by atoms with Crippen LogP contribution in [-0.2, 0) is 11.3 Å². The van der Waals surface area contributed by atoms with Gasteiger partial charge in [0.1, 0.15) is 0 Å². The predicted molar refractivity (Wildman–Crippen MR) is 122 cm³/mol. The van der Waals surface area contributed by atoms with Crippen LogP contribution in [0.5, 0.6) is 0 Å². The third-order valence-corrected chi connectivity index (χ3v) is 5.59. The number of benzene rings is 1. The van der Waals surface area contributed by atoms with Crippen molar-refractivity contribution in [1.29, 1.82) is 0 Å². The third-order valence-electron chi connectivity index (χ3n) is 5.59. The Labute approximate surface area is 176 Å². The van der Waals surface area contributed by atoms with Gasteiger partial charge < -0.3 is 16.0 Å². The van der Waals surface area contributed by atoms with Crippen molar-refractivity contribution in [3.05, 3.63) is 29.8 Å². The van der Waals surface area contributed by atoms with Gasteiger partial charge in [-0.1, -0.05) is 25.0 Å². The molecule has 0 bridgehead atoms. The van der Waals surface area contributed by atoms with Crippen LogP contribution in [0.2, 0.25) is 0 Å². The number of amides is 1. The van der Waals surface area contributed by atoms with Crippen molar-refractivity contribution < 1.29 is 4.79 Å². The van der Waals surface area contributed by atoms with Gasteiger partial charge in [0.25, 0.3) is 0 Å². The molecule has 0 spiro atoms. The molecule has 1 aliphatic rings. The first-order valence-electron chi connectivity index (χ1n) is 11.0. The molecule has 0 aliphatic heterocycles. The molecule has 162 valence electrons. The second-order valence-corrected chi connectivity index (χ2v) is 8.45. The zero-order valence-electron chi connectivity index (χ0n) is 18.8. The molecule has 1 aliphatic carbocycles. The number of rotatable bonds is 9. The van der Waals surface area contributed by atoms with E-state index in [9.17, 15) is 4.79 Å². The maximum absolute atomic E-state index is 12.3. The van der Waals surface area contributed by atoms with Gasteiger partial charge in [-0.25, -0.2) is 0 Å². The Balaban J connectivity index is 1.80. The van der Waals surface area contributed by atoms with E-state index in [2.05, 4.69) is 59.6 Å². The lowest BCUT2D eigenvalue weighted by molar-refractivity contribution is -0.119. The van der Waals surface area contributed by atoms with Gasteiger partial charge >= 0.3 is 0 Å². The Hall–Kier alpha value is -2.08. The van der Waals surface area contributed by atoms with Gasteiger partial charge in [0.05, 0.1) is 0 Å². The molecule has 29 heavy (non-hydrogen) atoms. The monoisotopic (exact) mass is 401 g/mol. The topological polar surface area (TPSA) is 68.8 Å². The molecule has 0 saturated heterocycles. The first-order valence-corrected chi connectivity index (χ1v) is 11.0. The highest BCUT2D eigenvalue weighted by Gasteiger charge is 2.22. The minimum absolute atomic E-state index is 0.157. The molecule has 0 radical (unpaired) electrons. The fraction of sp³-hybridized carbons (Fsp3) is 0.652. The second kappa shape index (κ2) is 11.8. The Bertz CT molecular complexity index is 657. The molecule has 1 fully saturated rings. The van der Waals surface area contributed by atoms with E-state index in [1.54, 1.807) is 7.05 Å². The van der Waals surface area contributed by atoms with Crippen molar-refractivity contribution in [2.75, 3.05) is 25.5 Å². The summed E-state index contributed by atoms with van der Waals surface area (Å²) in [7, 11) is 1.79. The van der Waals surface area contributed by atoms with Crippen LogP contribution in [0.25, 0.3) is 0 Å². The van der Waals surface area contributed by atoms with Gasteiger partial charge in [0.2, 0.25) is 5.91 Å². The largest absolute Gasteiger partial charge is 0.355 e. The van der Waals surface area contributed by atoms with E-state index in [0.29, 0.717) is 18.6 Å². The summed E-state index contributed by atoms with van der Waals surface area (Å²) in [4.78, 5) is 19.1. The fourth-order valence-electron chi connectivity index (χ4n) is 4.01. The van der Waals surface area contributed by atoms with Crippen LogP contribution in [0.4, 0.5) is 5.69 Å². The molecule has 3 N–H and O–H groups in total. The summed E-state index contributed by atoms with van der Waals surface area (Å²) in [5, 5.41) is 9.83. The zero-order valence-corrected chi connectivity index (χ0v) is 18.8. The molecule has 6 heteroatoms. The summed E-state index contributed by atoms with van der Waals surface area (Å²) < 4.78 is 0. The Kier molecular flexibility index (Phi) is 9.45. The maximum Gasteiger partial charge on any atom is 0.227 e. The third kappa shape index (κ3) is 7.69. The van der Waals surface area contributed by atoms with Gasteiger partial charge in [-0.05, 0) is 58.2 Å². The number of nitrogens with zero attached hydrogens (tertiary/aromatic N) is 2. The van der Waals surface area contributed by atoms with Crippen LogP contribution in [0.3, 0.4) is 0 Å². The lowest BCUT2D eigenvalue weighted by atomic mass is 10.1. The van der Waals surface area contributed by atoms with E-state index < -0.39 is 0 Å². The molecule has 0 atom stereocenters. The molecule has 0 unspecified atom stereocenters. The van der Waals surface area contributed by atoms with Gasteiger partial charge in [-0.2, -0.15) is 0 Å². The predicted octanol–water partition coefficient (Wildman–Crippen LogP) is 3.60. The van der Waals surface area contributed by atoms with Crippen LogP contribution >= 0.6 is 0 Å².